The van der Waals surface area contributed by atoms with Crippen molar-refractivity contribution in [1.82, 2.24) is 0 Å². The second kappa shape index (κ2) is 6.20. The van der Waals surface area contributed by atoms with Gasteiger partial charge in [0.05, 0.1) is 45.6 Å². The van der Waals surface area contributed by atoms with Crippen LogP contribution in [0.15, 0.2) is 116 Å². The summed E-state index contributed by atoms with van der Waals surface area (Å²) in [6, 6.07) is 0. The maximum Gasteiger partial charge on any atom is 2.00 e. The molecule has 8 bridgehead atoms. The fourth-order valence-electron chi connectivity index (χ4n) is 2.83. The van der Waals surface area contributed by atoms with Crippen LogP contribution in [0, 0.1) is 0 Å². The first-order valence-electron chi connectivity index (χ1n) is 7.74. The van der Waals surface area contributed by atoms with Gasteiger partial charge in [0.25, 0.3) is 0 Å². The maximum absolute atomic E-state index is 4.59. The molecule has 0 aromatic rings. The summed E-state index contributed by atoms with van der Waals surface area (Å²) in [6.45, 7) is 0. The van der Waals surface area contributed by atoms with E-state index in [9.17, 15) is 0 Å². The minimum atomic E-state index is 0. The van der Waals surface area contributed by atoms with Gasteiger partial charge in [-0.3, -0.25) is 0 Å². The van der Waals surface area contributed by atoms with Gasteiger partial charge in [0.2, 0.25) is 0 Å². The molecule has 0 spiro atoms. The van der Waals surface area contributed by atoms with Crippen molar-refractivity contribution in [2.75, 3.05) is 0 Å². The van der Waals surface area contributed by atoms with E-state index in [0.717, 1.165) is 45.6 Å². The molecule has 5 aliphatic rings. The summed E-state index contributed by atoms with van der Waals surface area (Å²) < 4.78 is 0. The van der Waals surface area contributed by atoms with Crippen molar-refractivity contribution >= 4 is 22.8 Å². The third-order valence-corrected chi connectivity index (χ3v) is 3.92. The molecule has 0 saturated heterocycles. The van der Waals surface area contributed by atoms with Gasteiger partial charge in [-0.1, -0.05) is 0 Å². The minimum Gasteiger partial charge on any atom is -0.249 e. The zero-order valence-corrected chi connectivity index (χ0v) is 14.2. The average Bonchev–Trinajstić information content (AvgIpc) is 3.32. The molecule has 5 heterocycles. The molecule has 0 atom stereocenters. The van der Waals surface area contributed by atoms with Gasteiger partial charge in [0.15, 0.2) is 0 Å². The van der Waals surface area contributed by atoms with Gasteiger partial charge in [-0.2, -0.15) is 0 Å². The van der Waals surface area contributed by atoms with E-state index in [0.29, 0.717) is 0 Å². The zero-order valence-electron chi connectivity index (χ0n) is 13.1. The molecule has 0 aromatic heterocycles. The summed E-state index contributed by atoms with van der Waals surface area (Å²) in [7, 11) is 0. The maximum atomic E-state index is 4.59. The quantitative estimate of drug-likeness (QED) is 0.590. The van der Waals surface area contributed by atoms with Crippen molar-refractivity contribution < 1.29 is 17.1 Å². The summed E-state index contributed by atoms with van der Waals surface area (Å²) in [5.41, 5.74) is 7.15. The van der Waals surface area contributed by atoms with Crippen molar-refractivity contribution in [3.05, 3.63) is 95.7 Å². The van der Waals surface area contributed by atoms with Gasteiger partial charge in [-0.05, 0) is 72.9 Å². The Hall–Kier alpha value is -2.88. The van der Waals surface area contributed by atoms with Crippen molar-refractivity contribution in [2.45, 2.75) is 0 Å². The van der Waals surface area contributed by atoms with Crippen LogP contribution in [0.1, 0.15) is 0 Å². The van der Waals surface area contributed by atoms with Gasteiger partial charge < -0.3 is 0 Å². The van der Waals surface area contributed by atoms with E-state index in [2.05, 4.69) is 20.0 Å². The molecule has 0 fully saturated rings. The summed E-state index contributed by atoms with van der Waals surface area (Å²) in [4.78, 5) is 18.4. The van der Waals surface area contributed by atoms with Gasteiger partial charge in [0.1, 0.15) is 0 Å². The number of hydrogen-bond donors (Lipinski definition) is 0. The Morgan fingerprint density at radius 2 is 0.600 bits per heavy atom. The van der Waals surface area contributed by atoms with Crippen LogP contribution in [0.4, 0.5) is 0 Å². The van der Waals surface area contributed by atoms with Crippen LogP contribution in [0.2, 0.25) is 0 Å². The van der Waals surface area contributed by atoms with Gasteiger partial charge in [0, 0.05) is 0 Å². The van der Waals surface area contributed by atoms with Crippen LogP contribution >= 0.6 is 0 Å². The summed E-state index contributed by atoms with van der Waals surface area (Å²) in [5, 5.41) is 0. The second-order valence-corrected chi connectivity index (χ2v) is 5.76. The number of allylic oxidation sites excluding steroid dienone is 12. The predicted molar refractivity (Wildman–Crippen MR) is 98.6 cm³/mol. The van der Waals surface area contributed by atoms with Crippen LogP contribution < -0.4 is 0 Å². The molecule has 0 saturated carbocycles. The molecular formula is C20H12FeN4+2. The van der Waals surface area contributed by atoms with Crippen molar-refractivity contribution in [3.63, 3.8) is 0 Å². The average molecular weight is 364 g/mol. The molecular weight excluding hydrogens is 352 g/mol. The van der Waals surface area contributed by atoms with E-state index >= 15 is 0 Å². The standard InChI is InChI=1S/C20H12N4.Fe/c1-2-14-10-16-5-6-18(23-16)12-20-8-7-19(24-20)11-17-4-3-15(22-17)9-13(1)21-14;/h1-12H;/q;+2. The number of nitrogens with zero attached hydrogens (tertiary/aromatic N) is 4. The predicted octanol–water partition coefficient (Wildman–Crippen LogP) is 3.58. The third-order valence-electron chi connectivity index (χ3n) is 3.92. The number of fused-ring (bicyclic) bond motifs is 4. The molecule has 118 valence electrons. The SMILES string of the molecule is C1=CC2=NC1=CC1=NC(=CC3=NC(=CC4=NC(=C2)C=C4)C=C3)C=C1.[Fe+2]. The van der Waals surface area contributed by atoms with Crippen molar-refractivity contribution in [2.24, 2.45) is 20.0 Å². The molecule has 0 amide bonds. The van der Waals surface area contributed by atoms with Gasteiger partial charge in [-0.15, -0.1) is 0 Å². The van der Waals surface area contributed by atoms with Crippen molar-refractivity contribution in [3.8, 4) is 0 Å². The second-order valence-electron chi connectivity index (χ2n) is 5.76. The number of hydrogen-bond acceptors (Lipinski definition) is 4. The van der Waals surface area contributed by atoms with E-state index in [-0.39, 0.29) is 17.1 Å². The molecule has 0 N–H and O–H groups in total. The number of aliphatic imine (C=N–C) groups is 4. The van der Waals surface area contributed by atoms with Crippen LogP contribution in [-0.2, 0) is 17.1 Å². The summed E-state index contributed by atoms with van der Waals surface area (Å²) >= 11 is 0. The molecule has 0 aromatic carbocycles. The first-order chi connectivity index (χ1) is 11.8. The Labute approximate surface area is 155 Å². The van der Waals surface area contributed by atoms with Crippen LogP contribution in [0.3, 0.4) is 0 Å². The molecule has 5 aliphatic heterocycles. The molecule has 0 unspecified atom stereocenters. The Kier molecular flexibility index (Phi) is 3.88. The minimum absolute atomic E-state index is 0. The van der Waals surface area contributed by atoms with Crippen LogP contribution in [0.25, 0.3) is 0 Å². The van der Waals surface area contributed by atoms with Crippen molar-refractivity contribution in [1.29, 1.82) is 0 Å². The molecule has 25 heavy (non-hydrogen) atoms. The largest absolute Gasteiger partial charge is 2.00 e. The third kappa shape index (κ3) is 3.20. The van der Waals surface area contributed by atoms with Gasteiger partial charge >= 0.3 is 17.1 Å². The van der Waals surface area contributed by atoms with Crippen LogP contribution in [0.5, 0.6) is 0 Å². The molecule has 4 nitrogen and oxygen atoms in total. The first-order valence-corrected chi connectivity index (χ1v) is 7.74. The molecule has 5 heteroatoms. The Morgan fingerprint density at radius 3 is 0.840 bits per heavy atom. The Balaban J connectivity index is 0.00000157. The zero-order chi connectivity index (χ0) is 15.9. The molecule has 5 rings (SSSR count). The van der Waals surface area contributed by atoms with E-state index in [4.69, 9.17) is 0 Å². The Morgan fingerprint density at radius 1 is 0.360 bits per heavy atom. The fraction of sp³-hybridized carbons (Fsp3) is 0. The van der Waals surface area contributed by atoms with Gasteiger partial charge in [-0.25, -0.2) is 20.0 Å². The van der Waals surface area contributed by atoms with E-state index < -0.39 is 0 Å². The van der Waals surface area contributed by atoms with E-state index in [1.165, 1.54) is 0 Å². The summed E-state index contributed by atoms with van der Waals surface area (Å²) in [6.07, 6.45) is 23.8. The Bertz CT molecular complexity index is 848. The van der Waals surface area contributed by atoms with Crippen LogP contribution in [-0.4, -0.2) is 22.8 Å². The topological polar surface area (TPSA) is 49.4 Å². The first kappa shape index (κ1) is 15.6. The van der Waals surface area contributed by atoms with E-state index in [1.807, 2.05) is 72.9 Å². The fourth-order valence-corrected chi connectivity index (χ4v) is 2.83. The smallest absolute Gasteiger partial charge is 0.249 e. The van der Waals surface area contributed by atoms with E-state index in [1.54, 1.807) is 0 Å². The number of rotatable bonds is 0. The molecule has 0 radical (unpaired) electrons. The summed E-state index contributed by atoms with van der Waals surface area (Å²) in [5.74, 6) is 0. The molecule has 0 aliphatic carbocycles. The normalized spacial score (nSPS) is 21.8. The monoisotopic (exact) mass is 364 g/mol.